The second-order valence-corrected chi connectivity index (χ2v) is 3.24. The van der Waals surface area contributed by atoms with E-state index in [4.69, 9.17) is 6.58 Å². The minimum Gasteiger partial charge on any atom is -0.0845 e. The number of hydrogen-bond acceptors (Lipinski definition) is 0. The molecule has 0 spiro atoms. The molecular formula is C14H21. The van der Waals surface area contributed by atoms with Gasteiger partial charge in [0.15, 0.2) is 0 Å². The van der Waals surface area contributed by atoms with E-state index in [1.165, 1.54) is 38.2 Å². The Morgan fingerprint density at radius 3 is 2.29 bits per heavy atom. The van der Waals surface area contributed by atoms with Crippen LogP contribution in [0.25, 0.3) is 0 Å². The van der Waals surface area contributed by atoms with Gasteiger partial charge in [0.05, 0.1) is 0 Å². The van der Waals surface area contributed by atoms with Gasteiger partial charge in [-0.3, -0.25) is 0 Å². The van der Waals surface area contributed by atoms with Crippen molar-refractivity contribution in [1.82, 2.24) is 0 Å². The first-order chi connectivity index (χ1) is 6.91. The Labute approximate surface area is 88.7 Å². The van der Waals surface area contributed by atoms with Gasteiger partial charge >= 0.3 is 0 Å². The third-order valence-electron chi connectivity index (χ3n) is 1.92. The summed E-state index contributed by atoms with van der Waals surface area (Å²) in [6, 6.07) is 0. The summed E-state index contributed by atoms with van der Waals surface area (Å²) in [5.41, 5.74) is 0. The highest BCUT2D eigenvalue weighted by Gasteiger charge is 1.82. The number of hydrogen-bond donors (Lipinski definition) is 0. The van der Waals surface area contributed by atoms with Crippen LogP contribution in [0.4, 0.5) is 0 Å². The van der Waals surface area contributed by atoms with E-state index in [1.54, 1.807) is 0 Å². The molecule has 0 aliphatic heterocycles. The van der Waals surface area contributed by atoms with E-state index in [0.717, 1.165) is 0 Å². The summed E-state index contributed by atoms with van der Waals surface area (Å²) in [4.78, 5) is 0. The largest absolute Gasteiger partial charge is 0.0845 e. The molecule has 0 amide bonds. The standard InChI is InChI=1S/C14H21/c1-3-5-7-9-11-13-14-12-10-8-6-4-2/h1,3,5,7,9,11,13-14H,4,6,8,10,12H2,2H3/b3-1?,7-5+,11-9+,14-13+. The average Bonchev–Trinajstić information content (AvgIpc) is 2.21. The molecule has 0 aliphatic carbocycles. The Hall–Kier alpha value is -1.04. The summed E-state index contributed by atoms with van der Waals surface area (Å²) < 4.78 is 0. The number of allylic oxidation sites excluding steroid dienone is 7. The van der Waals surface area contributed by atoms with Crippen LogP contribution in [0.5, 0.6) is 0 Å². The Morgan fingerprint density at radius 2 is 1.57 bits per heavy atom. The smallest absolute Gasteiger partial charge is 0.0348 e. The van der Waals surface area contributed by atoms with Crippen LogP contribution in [0.1, 0.15) is 39.0 Å². The van der Waals surface area contributed by atoms with Crippen molar-refractivity contribution in [3.8, 4) is 0 Å². The van der Waals surface area contributed by atoms with E-state index in [1.807, 2.05) is 24.3 Å². The van der Waals surface area contributed by atoms with Crippen LogP contribution >= 0.6 is 0 Å². The van der Waals surface area contributed by atoms with E-state index in [0.29, 0.717) is 0 Å². The molecule has 0 N–H and O–H groups in total. The van der Waals surface area contributed by atoms with Gasteiger partial charge in [0.1, 0.15) is 0 Å². The molecule has 0 aromatic carbocycles. The normalized spacial score (nSPS) is 12.1. The maximum absolute atomic E-state index is 5.17. The van der Waals surface area contributed by atoms with E-state index < -0.39 is 0 Å². The van der Waals surface area contributed by atoms with Crippen LogP contribution in [0.15, 0.2) is 42.5 Å². The minimum atomic E-state index is 1.19. The summed E-state index contributed by atoms with van der Waals surface area (Å²) >= 11 is 0. The minimum absolute atomic E-state index is 1.19. The summed E-state index contributed by atoms with van der Waals surface area (Å²) in [7, 11) is 0. The van der Waals surface area contributed by atoms with Crippen molar-refractivity contribution in [3.63, 3.8) is 0 Å². The van der Waals surface area contributed by atoms with Gasteiger partial charge in [-0.05, 0) is 12.8 Å². The zero-order valence-corrected chi connectivity index (χ0v) is 9.15. The monoisotopic (exact) mass is 189 g/mol. The van der Waals surface area contributed by atoms with Gasteiger partial charge < -0.3 is 0 Å². The third-order valence-corrected chi connectivity index (χ3v) is 1.92. The van der Waals surface area contributed by atoms with Gasteiger partial charge in [-0.2, -0.15) is 0 Å². The van der Waals surface area contributed by atoms with Gasteiger partial charge in [0, 0.05) is 0 Å². The second kappa shape index (κ2) is 12.0. The fourth-order valence-electron chi connectivity index (χ4n) is 1.12. The first-order valence-corrected chi connectivity index (χ1v) is 5.45. The van der Waals surface area contributed by atoms with Crippen LogP contribution in [0, 0.1) is 6.58 Å². The quantitative estimate of drug-likeness (QED) is 0.386. The highest BCUT2D eigenvalue weighted by Crippen LogP contribution is 2.02. The molecule has 0 aromatic rings. The van der Waals surface area contributed by atoms with Crippen molar-refractivity contribution in [2.24, 2.45) is 0 Å². The van der Waals surface area contributed by atoms with E-state index in [-0.39, 0.29) is 0 Å². The lowest BCUT2D eigenvalue weighted by Crippen LogP contribution is -1.72. The Balaban J connectivity index is 3.30. The number of rotatable bonds is 8. The maximum Gasteiger partial charge on any atom is -0.0348 e. The van der Waals surface area contributed by atoms with E-state index >= 15 is 0 Å². The molecule has 1 radical (unpaired) electrons. The van der Waals surface area contributed by atoms with Crippen LogP contribution in [0.2, 0.25) is 0 Å². The van der Waals surface area contributed by atoms with Gasteiger partial charge in [-0.25, -0.2) is 0 Å². The van der Waals surface area contributed by atoms with Crippen molar-refractivity contribution in [2.45, 2.75) is 39.0 Å². The molecule has 14 heavy (non-hydrogen) atoms. The molecule has 0 aromatic heterocycles. The molecule has 77 valence electrons. The predicted molar refractivity (Wildman–Crippen MR) is 65.0 cm³/mol. The van der Waals surface area contributed by atoms with E-state index in [9.17, 15) is 0 Å². The Kier molecular flexibility index (Phi) is 11.1. The molecule has 0 rings (SSSR count). The fraction of sp³-hybridized carbons (Fsp3) is 0.429. The predicted octanol–water partition coefficient (Wildman–Crippen LogP) is 4.61. The molecular weight excluding hydrogens is 168 g/mol. The molecule has 0 bridgehead atoms. The first kappa shape index (κ1) is 13.0. The SMILES string of the molecule is [CH]=C/C=C/C=C/C=C/CCCCCC. The van der Waals surface area contributed by atoms with Crippen molar-refractivity contribution in [2.75, 3.05) is 0 Å². The summed E-state index contributed by atoms with van der Waals surface area (Å²) in [6.07, 6.45) is 20.1. The molecule has 0 saturated carbocycles. The molecule has 0 heterocycles. The fourth-order valence-corrected chi connectivity index (χ4v) is 1.12. The van der Waals surface area contributed by atoms with Gasteiger partial charge in [-0.15, -0.1) is 0 Å². The van der Waals surface area contributed by atoms with Crippen molar-refractivity contribution in [1.29, 1.82) is 0 Å². The topological polar surface area (TPSA) is 0 Å². The molecule has 0 saturated heterocycles. The lowest BCUT2D eigenvalue weighted by atomic mass is 10.1. The van der Waals surface area contributed by atoms with Crippen molar-refractivity contribution >= 4 is 0 Å². The Morgan fingerprint density at radius 1 is 0.857 bits per heavy atom. The van der Waals surface area contributed by atoms with Gasteiger partial charge in [0.2, 0.25) is 0 Å². The second-order valence-electron chi connectivity index (χ2n) is 3.24. The van der Waals surface area contributed by atoms with Gasteiger partial charge in [0.25, 0.3) is 0 Å². The lowest BCUT2D eigenvalue weighted by molar-refractivity contribution is 0.674. The molecule has 0 unspecified atom stereocenters. The first-order valence-electron chi connectivity index (χ1n) is 5.45. The van der Waals surface area contributed by atoms with Crippen LogP contribution < -0.4 is 0 Å². The zero-order valence-electron chi connectivity index (χ0n) is 9.15. The average molecular weight is 189 g/mol. The van der Waals surface area contributed by atoms with E-state index in [2.05, 4.69) is 19.1 Å². The molecule has 0 aliphatic rings. The number of unbranched alkanes of at least 4 members (excludes halogenated alkanes) is 4. The van der Waals surface area contributed by atoms with Crippen LogP contribution in [0.3, 0.4) is 0 Å². The highest BCUT2D eigenvalue weighted by molar-refractivity contribution is 5.13. The molecule has 0 fully saturated rings. The zero-order chi connectivity index (χ0) is 10.5. The van der Waals surface area contributed by atoms with Crippen molar-refractivity contribution < 1.29 is 0 Å². The summed E-state index contributed by atoms with van der Waals surface area (Å²) in [5, 5.41) is 0. The molecule has 0 atom stereocenters. The molecule has 0 nitrogen and oxygen atoms in total. The van der Waals surface area contributed by atoms with Crippen molar-refractivity contribution in [3.05, 3.63) is 49.1 Å². The third kappa shape index (κ3) is 11.0. The van der Waals surface area contributed by atoms with Gasteiger partial charge in [-0.1, -0.05) is 75.3 Å². The van der Waals surface area contributed by atoms with Crippen LogP contribution in [-0.4, -0.2) is 0 Å². The summed E-state index contributed by atoms with van der Waals surface area (Å²) in [5.74, 6) is 0. The Bertz CT molecular complexity index is 194. The highest BCUT2D eigenvalue weighted by atomic mass is 13.9. The summed E-state index contributed by atoms with van der Waals surface area (Å²) in [6.45, 7) is 7.41. The van der Waals surface area contributed by atoms with Crippen LogP contribution in [-0.2, 0) is 0 Å². The molecule has 0 heteroatoms. The lowest BCUT2D eigenvalue weighted by Gasteiger charge is -1.92. The maximum atomic E-state index is 5.17.